The number of methoxy groups -OCH3 is 1. The molecule has 0 radical (unpaired) electrons. The number of carbonyl (C=O) groups excluding carboxylic acids is 2. The van der Waals surface area contributed by atoms with Gasteiger partial charge in [0, 0.05) is 37.9 Å². The molecule has 0 aromatic heterocycles. The highest BCUT2D eigenvalue weighted by molar-refractivity contribution is 8.01. The molecule has 1 spiro atoms. The van der Waals surface area contributed by atoms with Gasteiger partial charge in [0.05, 0.1) is 12.3 Å². The Morgan fingerprint density at radius 2 is 2.12 bits per heavy atom. The smallest absolute Gasteiger partial charge is 0.268 e. The minimum Gasteiger partial charge on any atom is -0.383 e. The molecule has 1 fully saturated rings. The molecule has 2 heterocycles. The Bertz CT molecular complexity index is 649. The number of carbonyl (C=O) groups is 2. The first-order valence-corrected chi connectivity index (χ1v) is 9.35. The zero-order chi connectivity index (χ0) is 17.3. The van der Waals surface area contributed by atoms with Gasteiger partial charge >= 0.3 is 0 Å². The Morgan fingerprint density at radius 3 is 2.83 bits per heavy atom. The summed E-state index contributed by atoms with van der Waals surface area (Å²) in [5, 5.41) is 0. The second-order valence-corrected chi connectivity index (χ2v) is 7.89. The van der Waals surface area contributed by atoms with Crippen molar-refractivity contribution >= 4 is 29.3 Å². The fourth-order valence-electron chi connectivity index (χ4n) is 3.49. The zero-order valence-electron chi connectivity index (χ0n) is 14.4. The molecule has 6 heteroatoms. The van der Waals surface area contributed by atoms with E-state index in [-0.39, 0.29) is 17.7 Å². The summed E-state index contributed by atoms with van der Waals surface area (Å²) in [6, 6.07) is 7.82. The maximum atomic E-state index is 13.3. The Hall–Kier alpha value is -1.53. The van der Waals surface area contributed by atoms with E-state index in [1.165, 1.54) is 0 Å². The number of ether oxygens (including phenoxy) is 1. The molecule has 1 aromatic rings. The van der Waals surface area contributed by atoms with Crippen LogP contribution >= 0.6 is 11.8 Å². The molecule has 2 aliphatic heterocycles. The summed E-state index contributed by atoms with van der Waals surface area (Å²) < 4.78 is 5.16. The number of fused-ring (bicyclic) bond motifs is 2. The number of para-hydroxylation sites is 1. The van der Waals surface area contributed by atoms with Gasteiger partial charge in [-0.05, 0) is 12.0 Å². The maximum absolute atomic E-state index is 13.3. The molecule has 1 atom stereocenters. The third-order valence-corrected chi connectivity index (χ3v) is 5.92. The zero-order valence-corrected chi connectivity index (χ0v) is 15.3. The Kier molecular flexibility index (Phi) is 4.88. The molecule has 130 valence electrons. The van der Waals surface area contributed by atoms with Crippen molar-refractivity contribution in [1.82, 2.24) is 4.90 Å². The SMILES string of the molecule is COCCN1C(=O)C2(SCCN2C(=O)CC(C)C)c2ccccc21. The first-order valence-electron chi connectivity index (χ1n) is 8.37. The van der Waals surface area contributed by atoms with E-state index in [4.69, 9.17) is 4.74 Å². The Balaban J connectivity index is 2.02. The van der Waals surface area contributed by atoms with Crippen LogP contribution in [-0.4, -0.2) is 49.3 Å². The lowest BCUT2D eigenvalue weighted by Crippen LogP contribution is -2.51. The van der Waals surface area contributed by atoms with Gasteiger partial charge in [0.1, 0.15) is 0 Å². The molecule has 3 rings (SSSR count). The van der Waals surface area contributed by atoms with E-state index in [1.807, 2.05) is 38.1 Å². The first-order chi connectivity index (χ1) is 11.5. The van der Waals surface area contributed by atoms with Gasteiger partial charge in [0.2, 0.25) is 5.91 Å². The fourth-order valence-corrected chi connectivity index (χ4v) is 4.97. The second kappa shape index (κ2) is 6.76. The summed E-state index contributed by atoms with van der Waals surface area (Å²) in [6.07, 6.45) is 0.468. The van der Waals surface area contributed by atoms with Gasteiger partial charge < -0.3 is 14.5 Å². The van der Waals surface area contributed by atoms with Gasteiger partial charge in [0.15, 0.2) is 4.87 Å². The summed E-state index contributed by atoms with van der Waals surface area (Å²) >= 11 is 1.58. The molecule has 24 heavy (non-hydrogen) atoms. The van der Waals surface area contributed by atoms with Crippen molar-refractivity contribution in [1.29, 1.82) is 0 Å². The van der Waals surface area contributed by atoms with E-state index in [1.54, 1.807) is 28.7 Å². The first kappa shape index (κ1) is 17.3. The highest BCUT2D eigenvalue weighted by Crippen LogP contribution is 2.54. The molecular weight excluding hydrogens is 324 g/mol. The quantitative estimate of drug-likeness (QED) is 0.820. The minimum atomic E-state index is -0.893. The van der Waals surface area contributed by atoms with E-state index in [9.17, 15) is 9.59 Å². The van der Waals surface area contributed by atoms with Gasteiger partial charge in [-0.15, -0.1) is 11.8 Å². The van der Waals surface area contributed by atoms with Gasteiger partial charge in [-0.25, -0.2) is 0 Å². The van der Waals surface area contributed by atoms with Crippen molar-refractivity contribution in [3.8, 4) is 0 Å². The number of hydrogen-bond acceptors (Lipinski definition) is 4. The highest BCUT2D eigenvalue weighted by atomic mass is 32.2. The second-order valence-electron chi connectivity index (χ2n) is 6.60. The number of hydrogen-bond donors (Lipinski definition) is 0. The van der Waals surface area contributed by atoms with E-state index < -0.39 is 4.87 Å². The van der Waals surface area contributed by atoms with Crippen LogP contribution < -0.4 is 4.90 Å². The molecular formula is C18H24N2O3S. The molecule has 1 saturated heterocycles. The van der Waals surface area contributed by atoms with Crippen molar-refractivity contribution in [2.24, 2.45) is 5.92 Å². The number of nitrogens with zero attached hydrogens (tertiary/aromatic N) is 2. The lowest BCUT2D eigenvalue weighted by Gasteiger charge is -2.33. The molecule has 2 aliphatic rings. The van der Waals surface area contributed by atoms with Crippen LogP contribution in [0.25, 0.3) is 0 Å². The molecule has 1 unspecified atom stereocenters. The largest absolute Gasteiger partial charge is 0.383 e. The van der Waals surface area contributed by atoms with Crippen LogP contribution in [0.5, 0.6) is 0 Å². The number of benzene rings is 1. The number of anilines is 1. The van der Waals surface area contributed by atoms with E-state index in [2.05, 4.69) is 0 Å². The summed E-state index contributed by atoms with van der Waals surface area (Å²) in [6.45, 7) is 5.65. The van der Waals surface area contributed by atoms with E-state index in [0.29, 0.717) is 26.1 Å². The number of amides is 2. The third-order valence-electron chi connectivity index (χ3n) is 4.50. The molecule has 2 amide bonds. The normalized spacial score (nSPS) is 22.8. The van der Waals surface area contributed by atoms with Crippen LogP contribution in [0.2, 0.25) is 0 Å². The van der Waals surface area contributed by atoms with E-state index in [0.717, 1.165) is 17.0 Å². The van der Waals surface area contributed by atoms with Gasteiger partial charge in [-0.2, -0.15) is 0 Å². The molecule has 0 bridgehead atoms. The third kappa shape index (κ3) is 2.62. The Labute approximate surface area is 147 Å². The van der Waals surface area contributed by atoms with Crippen LogP contribution in [0.3, 0.4) is 0 Å². The lowest BCUT2D eigenvalue weighted by molar-refractivity contribution is -0.140. The minimum absolute atomic E-state index is 0.0136. The topological polar surface area (TPSA) is 49.9 Å². The molecule has 0 N–H and O–H groups in total. The average molecular weight is 348 g/mol. The number of rotatable bonds is 5. The molecule has 1 aromatic carbocycles. The van der Waals surface area contributed by atoms with Gasteiger partial charge in [-0.3, -0.25) is 9.59 Å². The van der Waals surface area contributed by atoms with Crippen molar-refractivity contribution in [2.45, 2.75) is 25.1 Å². The molecule has 5 nitrogen and oxygen atoms in total. The van der Waals surface area contributed by atoms with Crippen LogP contribution in [-0.2, 0) is 19.2 Å². The fraction of sp³-hybridized carbons (Fsp3) is 0.556. The predicted molar refractivity (Wildman–Crippen MR) is 96.0 cm³/mol. The molecule has 0 aliphatic carbocycles. The van der Waals surface area contributed by atoms with Crippen LogP contribution in [0.1, 0.15) is 25.8 Å². The van der Waals surface area contributed by atoms with Gasteiger partial charge in [0.25, 0.3) is 5.91 Å². The summed E-state index contributed by atoms with van der Waals surface area (Å²) in [4.78, 5) is 28.8. The van der Waals surface area contributed by atoms with Crippen molar-refractivity contribution in [3.05, 3.63) is 29.8 Å². The van der Waals surface area contributed by atoms with Crippen molar-refractivity contribution < 1.29 is 14.3 Å². The Morgan fingerprint density at radius 1 is 1.38 bits per heavy atom. The monoisotopic (exact) mass is 348 g/mol. The van der Waals surface area contributed by atoms with Crippen LogP contribution in [0, 0.1) is 5.92 Å². The van der Waals surface area contributed by atoms with Crippen molar-refractivity contribution in [3.63, 3.8) is 0 Å². The summed E-state index contributed by atoms with van der Waals surface area (Å²) in [7, 11) is 1.63. The van der Waals surface area contributed by atoms with Crippen LogP contribution in [0.15, 0.2) is 24.3 Å². The highest BCUT2D eigenvalue weighted by Gasteiger charge is 2.59. The maximum Gasteiger partial charge on any atom is 0.268 e. The average Bonchev–Trinajstić information content (AvgIpc) is 3.09. The van der Waals surface area contributed by atoms with Gasteiger partial charge in [-0.1, -0.05) is 32.0 Å². The number of thioether (sulfide) groups is 1. The van der Waals surface area contributed by atoms with Crippen molar-refractivity contribution in [2.75, 3.05) is 37.5 Å². The summed E-state index contributed by atoms with van der Waals surface area (Å²) in [5.74, 6) is 1.10. The standard InChI is InChI=1S/C18H24N2O3S/c1-13(2)12-16(21)20-9-11-24-18(20)14-6-4-5-7-15(14)19(17(18)22)8-10-23-3/h4-7,13H,8-12H2,1-3H3. The predicted octanol–water partition coefficient (Wildman–Crippen LogP) is 2.45. The summed E-state index contributed by atoms with van der Waals surface area (Å²) in [5.41, 5.74) is 1.84. The van der Waals surface area contributed by atoms with E-state index >= 15 is 0 Å². The van der Waals surface area contributed by atoms with Crippen LogP contribution in [0.4, 0.5) is 5.69 Å². The molecule has 0 saturated carbocycles. The lowest BCUT2D eigenvalue weighted by atomic mass is 10.0.